The van der Waals surface area contributed by atoms with Crippen LogP contribution in [-0.4, -0.2) is 18.4 Å². The first-order valence-corrected chi connectivity index (χ1v) is 7.14. The molecule has 1 aromatic rings. The monoisotopic (exact) mass is 313 g/mol. The summed E-state index contributed by atoms with van der Waals surface area (Å²) in [4.78, 5) is 11.8. The second-order valence-corrected chi connectivity index (χ2v) is 5.58. The number of benzene rings is 1. The van der Waals surface area contributed by atoms with Crippen LogP contribution in [0.1, 0.15) is 31.2 Å². The maximum Gasteiger partial charge on any atom is 0.151 e. The fraction of sp³-hybridized carbons (Fsp3) is 0.500. The number of Topliss-reactive ketones (excluding diaryl/α,β-unsaturated/α-hetero) is 1. The number of rotatable bonds is 5. The first kappa shape index (κ1) is 13.7. The minimum absolute atomic E-state index is 0.105. The molecule has 0 heterocycles. The van der Waals surface area contributed by atoms with E-state index in [4.69, 9.17) is 0 Å². The number of hydrogen-bond donors (Lipinski definition) is 1. The van der Waals surface area contributed by atoms with Crippen LogP contribution in [0.3, 0.4) is 0 Å². The predicted molar refractivity (Wildman–Crippen MR) is 73.1 cm³/mol. The molecule has 1 aliphatic carbocycles. The molecular formula is C14H17BrFNO. The van der Waals surface area contributed by atoms with Gasteiger partial charge in [0.25, 0.3) is 0 Å². The summed E-state index contributed by atoms with van der Waals surface area (Å²) < 4.78 is 13.7. The van der Waals surface area contributed by atoms with Crippen LogP contribution >= 0.6 is 15.9 Å². The van der Waals surface area contributed by atoms with Gasteiger partial charge in [-0.25, -0.2) is 4.39 Å². The lowest BCUT2D eigenvalue weighted by Gasteiger charge is -2.11. The zero-order valence-corrected chi connectivity index (χ0v) is 11.8. The van der Waals surface area contributed by atoms with Crippen molar-refractivity contribution in [2.45, 2.75) is 38.1 Å². The molecule has 0 saturated heterocycles. The normalized spacial score (nSPS) is 16.1. The van der Waals surface area contributed by atoms with E-state index in [1.165, 1.54) is 18.9 Å². The molecule has 0 aliphatic heterocycles. The van der Waals surface area contributed by atoms with Crippen LogP contribution < -0.4 is 5.32 Å². The molecule has 0 aromatic heterocycles. The van der Waals surface area contributed by atoms with E-state index in [-0.39, 0.29) is 18.0 Å². The lowest BCUT2D eigenvalue weighted by Crippen LogP contribution is -2.32. The molecule has 2 nitrogen and oxygen atoms in total. The van der Waals surface area contributed by atoms with Crippen molar-refractivity contribution in [1.29, 1.82) is 0 Å². The standard InChI is InChI=1S/C14H17BrFNO/c15-14-10(4-3-7-13(14)16)8-12(18)9-17-11-5-1-2-6-11/h3-4,7,11,17H,1-2,5-6,8-9H2. The van der Waals surface area contributed by atoms with E-state index in [0.717, 1.165) is 12.8 Å². The zero-order chi connectivity index (χ0) is 13.0. The molecule has 1 fully saturated rings. The van der Waals surface area contributed by atoms with E-state index in [9.17, 15) is 9.18 Å². The summed E-state index contributed by atoms with van der Waals surface area (Å²) in [7, 11) is 0. The van der Waals surface area contributed by atoms with Gasteiger partial charge >= 0.3 is 0 Å². The molecule has 0 spiro atoms. The number of nitrogens with one attached hydrogen (secondary N) is 1. The minimum atomic E-state index is -0.316. The molecule has 0 unspecified atom stereocenters. The van der Waals surface area contributed by atoms with Gasteiger partial charge in [-0.15, -0.1) is 0 Å². The predicted octanol–water partition coefficient (Wildman–Crippen LogP) is 3.23. The highest BCUT2D eigenvalue weighted by atomic mass is 79.9. The van der Waals surface area contributed by atoms with Crippen molar-refractivity contribution in [3.63, 3.8) is 0 Å². The third-order valence-corrected chi connectivity index (χ3v) is 4.25. The summed E-state index contributed by atoms with van der Waals surface area (Å²) in [5.41, 5.74) is 0.716. The summed E-state index contributed by atoms with van der Waals surface area (Å²) in [6.07, 6.45) is 5.11. The molecule has 98 valence electrons. The van der Waals surface area contributed by atoms with Gasteiger partial charge in [-0.05, 0) is 40.4 Å². The molecule has 2 rings (SSSR count). The Morgan fingerprint density at radius 1 is 1.39 bits per heavy atom. The van der Waals surface area contributed by atoms with Crippen LogP contribution in [0.15, 0.2) is 22.7 Å². The lowest BCUT2D eigenvalue weighted by atomic mass is 10.1. The number of carbonyl (C=O) groups is 1. The first-order valence-electron chi connectivity index (χ1n) is 6.35. The molecule has 1 aromatic carbocycles. The van der Waals surface area contributed by atoms with E-state index in [1.54, 1.807) is 12.1 Å². The third kappa shape index (κ3) is 3.62. The Balaban J connectivity index is 1.84. The van der Waals surface area contributed by atoms with Crippen molar-refractivity contribution in [3.8, 4) is 0 Å². The van der Waals surface area contributed by atoms with Crippen LogP contribution in [-0.2, 0) is 11.2 Å². The maximum absolute atomic E-state index is 13.3. The zero-order valence-electron chi connectivity index (χ0n) is 10.2. The Bertz CT molecular complexity index is 430. The van der Waals surface area contributed by atoms with Gasteiger partial charge in [0.15, 0.2) is 5.78 Å². The van der Waals surface area contributed by atoms with E-state index in [1.807, 2.05) is 0 Å². The molecule has 0 atom stereocenters. The average Bonchev–Trinajstić information content (AvgIpc) is 2.86. The Labute approximate surface area is 115 Å². The van der Waals surface area contributed by atoms with Gasteiger partial charge in [-0.2, -0.15) is 0 Å². The number of ketones is 1. The fourth-order valence-corrected chi connectivity index (χ4v) is 2.75. The van der Waals surface area contributed by atoms with Crippen LogP contribution in [0.4, 0.5) is 4.39 Å². The average molecular weight is 314 g/mol. The Morgan fingerprint density at radius 3 is 2.83 bits per heavy atom. The van der Waals surface area contributed by atoms with Crippen LogP contribution in [0.5, 0.6) is 0 Å². The van der Waals surface area contributed by atoms with Gasteiger partial charge < -0.3 is 5.32 Å². The molecule has 1 N–H and O–H groups in total. The lowest BCUT2D eigenvalue weighted by molar-refractivity contribution is -0.117. The second-order valence-electron chi connectivity index (χ2n) is 4.79. The molecule has 0 amide bonds. The van der Waals surface area contributed by atoms with Gasteiger partial charge in [0.1, 0.15) is 5.82 Å². The topological polar surface area (TPSA) is 29.1 Å². The van der Waals surface area contributed by atoms with Crippen molar-refractivity contribution < 1.29 is 9.18 Å². The van der Waals surface area contributed by atoms with E-state index in [0.29, 0.717) is 22.6 Å². The Kier molecular flexibility index (Phi) is 4.89. The smallest absolute Gasteiger partial charge is 0.151 e. The molecule has 1 aliphatic rings. The highest BCUT2D eigenvalue weighted by Crippen LogP contribution is 2.21. The summed E-state index contributed by atoms with van der Waals surface area (Å²) >= 11 is 3.18. The summed E-state index contributed by atoms with van der Waals surface area (Å²) in [5, 5.41) is 3.28. The molecule has 4 heteroatoms. The molecule has 0 radical (unpaired) electrons. The minimum Gasteiger partial charge on any atom is -0.307 e. The van der Waals surface area contributed by atoms with E-state index in [2.05, 4.69) is 21.2 Å². The largest absolute Gasteiger partial charge is 0.307 e. The van der Waals surface area contributed by atoms with Crippen molar-refractivity contribution in [2.24, 2.45) is 0 Å². The molecule has 1 saturated carbocycles. The number of halogens is 2. The summed E-state index contributed by atoms with van der Waals surface area (Å²) in [6.45, 7) is 0.383. The van der Waals surface area contributed by atoms with Crippen molar-refractivity contribution in [1.82, 2.24) is 5.32 Å². The highest BCUT2D eigenvalue weighted by molar-refractivity contribution is 9.10. The summed E-state index contributed by atoms with van der Waals surface area (Å²) in [6, 6.07) is 5.28. The quantitative estimate of drug-likeness (QED) is 0.904. The van der Waals surface area contributed by atoms with Gasteiger partial charge in [0.2, 0.25) is 0 Å². The number of carbonyl (C=O) groups excluding carboxylic acids is 1. The van der Waals surface area contributed by atoms with E-state index >= 15 is 0 Å². The maximum atomic E-state index is 13.3. The van der Waals surface area contributed by atoms with Gasteiger partial charge in [-0.3, -0.25) is 4.79 Å². The van der Waals surface area contributed by atoms with Gasteiger partial charge in [0, 0.05) is 12.5 Å². The van der Waals surface area contributed by atoms with Crippen LogP contribution in [0.25, 0.3) is 0 Å². The Hall–Kier alpha value is -0.740. The van der Waals surface area contributed by atoms with Crippen molar-refractivity contribution in [2.75, 3.05) is 6.54 Å². The Morgan fingerprint density at radius 2 is 2.11 bits per heavy atom. The van der Waals surface area contributed by atoms with E-state index < -0.39 is 0 Å². The van der Waals surface area contributed by atoms with Gasteiger partial charge in [0.05, 0.1) is 11.0 Å². The summed E-state index contributed by atoms with van der Waals surface area (Å²) in [5.74, 6) is -0.211. The van der Waals surface area contributed by atoms with Crippen molar-refractivity contribution in [3.05, 3.63) is 34.1 Å². The van der Waals surface area contributed by atoms with Gasteiger partial charge in [-0.1, -0.05) is 25.0 Å². The first-order chi connectivity index (χ1) is 8.66. The molecular weight excluding hydrogens is 297 g/mol. The fourth-order valence-electron chi connectivity index (χ4n) is 2.35. The third-order valence-electron chi connectivity index (χ3n) is 3.36. The SMILES string of the molecule is O=C(CNC1CCCC1)Cc1cccc(F)c1Br. The highest BCUT2D eigenvalue weighted by Gasteiger charge is 2.16. The molecule has 18 heavy (non-hydrogen) atoms. The van der Waals surface area contributed by atoms with Crippen molar-refractivity contribution >= 4 is 21.7 Å². The second kappa shape index (κ2) is 6.43. The van der Waals surface area contributed by atoms with Crippen LogP contribution in [0, 0.1) is 5.82 Å². The number of hydrogen-bond acceptors (Lipinski definition) is 2. The van der Waals surface area contributed by atoms with Crippen LogP contribution in [0.2, 0.25) is 0 Å². The molecule has 0 bridgehead atoms.